The fraction of sp³-hybridized carbons (Fsp3) is 1.00. The van der Waals surface area contributed by atoms with Gasteiger partial charge in [-0.15, -0.1) is 0 Å². The first-order chi connectivity index (χ1) is 9.10. The van der Waals surface area contributed by atoms with E-state index < -0.39 is 0 Å². The monoisotopic (exact) mass is 268 g/mol. The molecule has 0 aromatic heterocycles. The average Bonchev–Trinajstić information content (AvgIpc) is 2.35. The minimum atomic E-state index is 0.867. The number of hydrogen-bond donors (Lipinski definition) is 0. The van der Waals surface area contributed by atoms with Crippen LogP contribution in [0.25, 0.3) is 0 Å². The summed E-state index contributed by atoms with van der Waals surface area (Å²) in [5.41, 5.74) is 0. The van der Waals surface area contributed by atoms with Crippen LogP contribution in [-0.2, 0) is 0 Å². The molecule has 0 saturated heterocycles. The number of unbranched alkanes of at least 4 members (excludes halogenated alkanes) is 6. The van der Waals surface area contributed by atoms with E-state index in [0.29, 0.717) is 0 Å². The highest BCUT2D eigenvalue weighted by atomic mass is 14.2. The molecule has 116 valence electrons. The van der Waals surface area contributed by atoms with Crippen molar-refractivity contribution in [3.8, 4) is 0 Å². The maximum atomic E-state index is 2.45. The smallest absolute Gasteiger partial charge is 0.0414 e. The van der Waals surface area contributed by atoms with E-state index in [9.17, 15) is 0 Å². The van der Waals surface area contributed by atoms with Crippen LogP contribution in [0.2, 0.25) is 0 Å². The lowest BCUT2D eigenvalue weighted by molar-refractivity contribution is 0.314. The van der Waals surface area contributed by atoms with E-state index in [1.807, 2.05) is 0 Å². The van der Waals surface area contributed by atoms with E-state index in [1.165, 1.54) is 70.6 Å². The number of hydrogen-bond acceptors (Lipinski definition) is 0. The van der Waals surface area contributed by atoms with Crippen LogP contribution in [-0.4, -0.2) is 0 Å². The summed E-state index contributed by atoms with van der Waals surface area (Å²) in [4.78, 5) is 0. The SMILES string of the molecule is CCCCCCCCCC(CC)CC(C)CC(C)C. The van der Waals surface area contributed by atoms with Crippen molar-refractivity contribution < 1.29 is 0 Å². The van der Waals surface area contributed by atoms with Crippen molar-refractivity contribution in [2.75, 3.05) is 0 Å². The van der Waals surface area contributed by atoms with Crippen molar-refractivity contribution in [2.45, 2.75) is 105 Å². The lowest BCUT2D eigenvalue weighted by Gasteiger charge is -2.21. The molecule has 0 aliphatic heterocycles. The summed E-state index contributed by atoms with van der Waals surface area (Å²) >= 11 is 0. The molecule has 0 N–H and O–H groups in total. The van der Waals surface area contributed by atoms with Crippen molar-refractivity contribution >= 4 is 0 Å². The van der Waals surface area contributed by atoms with Gasteiger partial charge in [0.1, 0.15) is 0 Å². The highest BCUT2D eigenvalue weighted by molar-refractivity contribution is 4.64. The Morgan fingerprint density at radius 3 is 1.79 bits per heavy atom. The molecule has 0 spiro atoms. The molecule has 0 heteroatoms. The van der Waals surface area contributed by atoms with Crippen LogP contribution in [0.3, 0.4) is 0 Å². The van der Waals surface area contributed by atoms with Crippen LogP contribution >= 0.6 is 0 Å². The van der Waals surface area contributed by atoms with Crippen molar-refractivity contribution in [3.63, 3.8) is 0 Å². The molecule has 0 saturated carbocycles. The van der Waals surface area contributed by atoms with Crippen LogP contribution in [0.4, 0.5) is 0 Å². The Morgan fingerprint density at radius 2 is 1.26 bits per heavy atom. The second-order valence-electron chi connectivity index (χ2n) is 7.15. The van der Waals surface area contributed by atoms with Gasteiger partial charge in [0.15, 0.2) is 0 Å². The van der Waals surface area contributed by atoms with Crippen LogP contribution in [0.1, 0.15) is 105 Å². The van der Waals surface area contributed by atoms with Gasteiger partial charge in [-0.1, -0.05) is 92.4 Å². The van der Waals surface area contributed by atoms with Crippen LogP contribution in [0.5, 0.6) is 0 Å². The van der Waals surface area contributed by atoms with Crippen molar-refractivity contribution in [1.82, 2.24) is 0 Å². The number of rotatable bonds is 13. The molecule has 19 heavy (non-hydrogen) atoms. The Balaban J connectivity index is 3.53. The minimum Gasteiger partial charge on any atom is -0.0654 e. The van der Waals surface area contributed by atoms with E-state index >= 15 is 0 Å². The minimum absolute atomic E-state index is 0.867. The molecule has 0 heterocycles. The predicted molar refractivity (Wildman–Crippen MR) is 89.6 cm³/mol. The molecule has 0 aromatic carbocycles. The second-order valence-corrected chi connectivity index (χ2v) is 7.15. The normalized spacial score (nSPS) is 14.8. The predicted octanol–water partition coefficient (Wildman–Crippen LogP) is 7.23. The Hall–Kier alpha value is 0. The lowest BCUT2D eigenvalue weighted by atomic mass is 9.85. The topological polar surface area (TPSA) is 0 Å². The first kappa shape index (κ1) is 19.0. The zero-order valence-electron chi connectivity index (χ0n) is 14.5. The quantitative estimate of drug-likeness (QED) is 0.309. The highest BCUT2D eigenvalue weighted by Gasteiger charge is 2.12. The van der Waals surface area contributed by atoms with E-state index in [1.54, 1.807) is 0 Å². The third kappa shape index (κ3) is 12.8. The Bertz CT molecular complexity index is 171. The van der Waals surface area contributed by atoms with Crippen LogP contribution in [0, 0.1) is 17.8 Å². The molecular formula is C19H40. The van der Waals surface area contributed by atoms with E-state index in [2.05, 4.69) is 34.6 Å². The van der Waals surface area contributed by atoms with Crippen LogP contribution in [0.15, 0.2) is 0 Å². The highest BCUT2D eigenvalue weighted by Crippen LogP contribution is 2.25. The van der Waals surface area contributed by atoms with Gasteiger partial charge in [0.05, 0.1) is 0 Å². The van der Waals surface area contributed by atoms with Gasteiger partial charge in [0.25, 0.3) is 0 Å². The van der Waals surface area contributed by atoms with E-state index in [-0.39, 0.29) is 0 Å². The molecule has 0 aliphatic rings. The first-order valence-corrected chi connectivity index (χ1v) is 9.10. The fourth-order valence-electron chi connectivity index (χ4n) is 3.35. The summed E-state index contributed by atoms with van der Waals surface area (Å²) in [6.45, 7) is 11.8. The summed E-state index contributed by atoms with van der Waals surface area (Å²) in [5, 5.41) is 0. The zero-order valence-corrected chi connectivity index (χ0v) is 14.5. The molecule has 0 fully saturated rings. The summed E-state index contributed by atoms with van der Waals surface area (Å²) in [6, 6.07) is 0. The summed E-state index contributed by atoms with van der Waals surface area (Å²) in [5.74, 6) is 2.78. The van der Waals surface area contributed by atoms with Crippen molar-refractivity contribution in [2.24, 2.45) is 17.8 Å². The van der Waals surface area contributed by atoms with Gasteiger partial charge in [-0.05, 0) is 30.6 Å². The first-order valence-electron chi connectivity index (χ1n) is 9.10. The Morgan fingerprint density at radius 1 is 0.684 bits per heavy atom. The van der Waals surface area contributed by atoms with Gasteiger partial charge in [0.2, 0.25) is 0 Å². The molecule has 0 aliphatic carbocycles. The van der Waals surface area contributed by atoms with Gasteiger partial charge in [0, 0.05) is 0 Å². The summed E-state index contributed by atoms with van der Waals surface area (Å²) < 4.78 is 0. The van der Waals surface area contributed by atoms with Crippen LogP contribution < -0.4 is 0 Å². The molecule has 2 unspecified atom stereocenters. The van der Waals surface area contributed by atoms with E-state index in [4.69, 9.17) is 0 Å². The van der Waals surface area contributed by atoms with Gasteiger partial charge >= 0.3 is 0 Å². The van der Waals surface area contributed by atoms with Crippen molar-refractivity contribution in [1.29, 1.82) is 0 Å². The maximum Gasteiger partial charge on any atom is -0.0414 e. The average molecular weight is 269 g/mol. The molecule has 0 rings (SSSR count). The largest absolute Gasteiger partial charge is 0.0654 e. The van der Waals surface area contributed by atoms with Crippen molar-refractivity contribution in [3.05, 3.63) is 0 Å². The molecule has 2 atom stereocenters. The Kier molecular flexibility index (Phi) is 13.0. The molecule has 0 radical (unpaired) electrons. The standard InChI is InChI=1S/C19H40/c1-6-8-9-10-11-12-13-14-19(7-2)16-18(5)15-17(3)4/h17-19H,6-16H2,1-5H3. The maximum absolute atomic E-state index is 2.45. The summed E-state index contributed by atoms with van der Waals surface area (Å²) in [7, 11) is 0. The summed E-state index contributed by atoms with van der Waals surface area (Å²) in [6.07, 6.45) is 15.9. The zero-order chi connectivity index (χ0) is 14.5. The molecule has 0 nitrogen and oxygen atoms in total. The second kappa shape index (κ2) is 13.0. The lowest BCUT2D eigenvalue weighted by Crippen LogP contribution is -2.08. The fourth-order valence-corrected chi connectivity index (χ4v) is 3.35. The molecule has 0 amide bonds. The molecular weight excluding hydrogens is 228 g/mol. The third-order valence-electron chi connectivity index (χ3n) is 4.40. The van der Waals surface area contributed by atoms with Gasteiger partial charge < -0.3 is 0 Å². The Labute approximate surface area is 123 Å². The molecule has 0 bridgehead atoms. The third-order valence-corrected chi connectivity index (χ3v) is 4.40. The van der Waals surface area contributed by atoms with Gasteiger partial charge in [-0.3, -0.25) is 0 Å². The molecule has 0 aromatic rings. The van der Waals surface area contributed by atoms with Gasteiger partial charge in [-0.2, -0.15) is 0 Å². The van der Waals surface area contributed by atoms with Gasteiger partial charge in [-0.25, -0.2) is 0 Å². The van der Waals surface area contributed by atoms with E-state index in [0.717, 1.165) is 17.8 Å².